The Bertz CT molecular complexity index is 1240. The van der Waals surface area contributed by atoms with Crippen molar-refractivity contribution >= 4 is 10.0 Å². The molecule has 2 heterocycles. The molecule has 5 rings (SSSR count). The molecule has 3 aliphatic rings. The summed E-state index contributed by atoms with van der Waals surface area (Å²) in [5.41, 5.74) is 16.8. The normalized spacial score (nSPS) is 24.0. The zero-order chi connectivity index (χ0) is 27.1. The highest BCUT2D eigenvalue weighted by atomic mass is 32.2. The second-order valence-corrected chi connectivity index (χ2v) is 11.9. The molecular weight excluding hydrogens is 519 g/mol. The van der Waals surface area contributed by atoms with Gasteiger partial charge in [0.25, 0.3) is 0 Å². The second-order valence-electron chi connectivity index (χ2n) is 10.4. The summed E-state index contributed by atoms with van der Waals surface area (Å²) in [5, 5.41) is 5.32. The lowest BCUT2D eigenvalue weighted by molar-refractivity contribution is -0.140. The van der Waals surface area contributed by atoms with E-state index in [2.05, 4.69) is 26.8 Å². The zero-order valence-electron chi connectivity index (χ0n) is 20.9. The van der Waals surface area contributed by atoms with Crippen molar-refractivity contribution in [2.24, 2.45) is 16.8 Å². The average molecular weight is 554 g/mol. The molecular formula is C25H34F3N7O2S. The van der Waals surface area contributed by atoms with Crippen LogP contribution in [0.15, 0.2) is 41.3 Å². The highest BCUT2D eigenvalue weighted by Gasteiger charge is 2.41. The molecule has 208 valence electrons. The van der Waals surface area contributed by atoms with Crippen LogP contribution in [0.3, 0.4) is 0 Å². The fraction of sp³-hybridized carbons (Fsp3) is 0.520. The second kappa shape index (κ2) is 10.8. The first kappa shape index (κ1) is 27.5. The van der Waals surface area contributed by atoms with Crippen LogP contribution in [-0.2, 0) is 16.2 Å². The molecule has 1 aliphatic carbocycles. The standard InChI is InChI=1S/C25H34F3N7O2S/c26-25(27,28)21-10-9-20(22(23(21)38(30,36)37)24-31-33-34-32-24)17-5-3-16(4-6-17)18-13-35(14-18)19-7-1-15(2-8-19)11-12-29/h3-6,9-10,15,18-19,24,31-34H,1-2,7-8,11-14,29H2,(H2,30,36,37). The number of alkyl halides is 3. The minimum atomic E-state index is -4.90. The highest BCUT2D eigenvalue weighted by molar-refractivity contribution is 7.89. The van der Waals surface area contributed by atoms with Crippen molar-refractivity contribution in [3.8, 4) is 11.1 Å². The van der Waals surface area contributed by atoms with Crippen molar-refractivity contribution in [1.82, 2.24) is 26.8 Å². The number of halogens is 3. The van der Waals surface area contributed by atoms with Crippen LogP contribution in [0.1, 0.15) is 60.9 Å². The minimum Gasteiger partial charge on any atom is -0.330 e. The first-order valence-electron chi connectivity index (χ1n) is 12.9. The van der Waals surface area contributed by atoms with Gasteiger partial charge in [-0.1, -0.05) is 30.3 Å². The van der Waals surface area contributed by atoms with Gasteiger partial charge in [-0.3, -0.25) is 4.90 Å². The molecule has 0 atom stereocenters. The number of rotatable bonds is 7. The fourth-order valence-electron chi connectivity index (χ4n) is 6.06. The lowest BCUT2D eigenvalue weighted by atomic mass is 9.80. The monoisotopic (exact) mass is 553 g/mol. The van der Waals surface area contributed by atoms with E-state index >= 15 is 0 Å². The van der Waals surface area contributed by atoms with Crippen molar-refractivity contribution in [2.45, 2.75) is 61.3 Å². The third-order valence-electron chi connectivity index (χ3n) is 8.08. The van der Waals surface area contributed by atoms with Gasteiger partial charge in [0, 0.05) is 30.6 Å². The van der Waals surface area contributed by atoms with E-state index < -0.39 is 32.8 Å². The van der Waals surface area contributed by atoms with Crippen LogP contribution in [0.5, 0.6) is 0 Å². The Hall–Kier alpha value is -2.10. The summed E-state index contributed by atoms with van der Waals surface area (Å²) in [7, 11) is -4.72. The lowest BCUT2D eigenvalue weighted by Crippen LogP contribution is -2.51. The molecule has 0 radical (unpaired) electrons. The smallest absolute Gasteiger partial charge is 0.330 e. The number of nitrogens with zero attached hydrogens (tertiary/aromatic N) is 1. The van der Waals surface area contributed by atoms with Crippen LogP contribution in [-0.4, -0.2) is 39.0 Å². The quantitative estimate of drug-likeness (QED) is 0.308. The van der Waals surface area contributed by atoms with Gasteiger partial charge in [-0.25, -0.2) is 24.4 Å². The summed E-state index contributed by atoms with van der Waals surface area (Å²) < 4.78 is 66.2. The van der Waals surface area contributed by atoms with Crippen molar-refractivity contribution in [1.29, 1.82) is 0 Å². The number of hydrazine groups is 3. The minimum absolute atomic E-state index is 0.118. The van der Waals surface area contributed by atoms with Gasteiger partial charge in [-0.05, 0) is 67.3 Å². The average Bonchev–Trinajstić information content (AvgIpc) is 3.38. The molecule has 0 amide bonds. The van der Waals surface area contributed by atoms with E-state index in [1.54, 1.807) is 0 Å². The maximum absolute atomic E-state index is 13.8. The highest BCUT2D eigenvalue weighted by Crippen LogP contribution is 2.42. The fourth-order valence-corrected chi connectivity index (χ4v) is 7.08. The molecule has 2 aromatic rings. The van der Waals surface area contributed by atoms with Crippen molar-refractivity contribution in [2.75, 3.05) is 19.6 Å². The number of hydrogen-bond donors (Lipinski definition) is 6. The van der Waals surface area contributed by atoms with E-state index in [1.165, 1.54) is 31.7 Å². The number of nitrogens with one attached hydrogen (secondary N) is 4. The molecule has 0 spiro atoms. The Morgan fingerprint density at radius 2 is 1.58 bits per heavy atom. The zero-order valence-corrected chi connectivity index (χ0v) is 21.7. The number of likely N-dealkylation sites (tertiary alicyclic amines) is 1. The number of primary sulfonamides is 1. The molecule has 38 heavy (non-hydrogen) atoms. The van der Waals surface area contributed by atoms with Gasteiger partial charge in [-0.15, -0.1) is 0 Å². The Balaban J connectivity index is 1.37. The molecule has 0 bridgehead atoms. The first-order valence-corrected chi connectivity index (χ1v) is 14.4. The van der Waals surface area contributed by atoms with E-state index in [0.717, 1.165) is 43.6 Å². The Kier molecular flexibility index (Phi) is 7.82. The SMILES string of the molecule is NCCC1CCC(N2CC(c3ccc(-c4ccc(C(F)(F)F)c(S(N)(=O)=O)c4C4NNNN4)cc3)C2)CC1. The third-order valence-corrected chi connectivity index (χ3v) is 9.09. The number of benzene rings is 2. The summed E-state index contributed by atoms with van der Waals surface area (Å²) in [4.78, 5) is 1.58. The van der Waals surface area contributed by atoms with E-state index in [-0.39, 0.29) is 5.56 Å². The summed E-state index contributed by atoms with van der Waals surface area (Å²) in [6.07, 6.45) is 0.130. The first-order chi connectivity index (χ1) is 18.1. The maximum atomic E-state index is 13.8. The van der Waals surface area contributed by atoms with Crippen LogP contribution in [0.2, 0.25) is 0 Å². The van der Waals surface area contributed by atoms with Gasteiger partial charge >= 0.3 is 6.18 Å². The topological polar surface area (TPSA) is 138 Å². The van der Waals surface area contributed by atoms with Crippen molar-refractivity contribution in [3.05, 3.63) is 53.1 Å². The maximum Gasteiger partial charge on any atom is 0.417 e. The molecule has 3 fully saturated rings. The molecule has 0 unspecified atom stereocenters. The van der Waals surface area contributed by atoms with Crippen molar-refractivity contribution < 1.29 is 21.6 Å². The van der Waals surface area contributed by atoms with Gasteiger partial charge in [-0.2, -0.15) is 24.2 Å². The molecule has 2 saturated heterocycles. The van der Waals surface area contributed by atoms with Gasteiger partial charge < -0.3 is 5.73 Å². The van der Waals surface area contributed by atoms with Crippen LogP contribution >= 0.6 is 0 Å². The van der Waals surface area contributed by atoms with E-state index in [1.807, 2.05) is 24.3 Å². The summed E-state index contributed by atoms with van der Waals surface area (Å²) in [6, 6.07) is 10.3. The van der Waals surface area contributed by atoms with Crippen LogP contribution in [0.25, 0.3) is 11.1 Å². The van der Waals surface area contributed by atoms with Gasteiger partial charge in [0.1, 0.15) is 11.1 Å². The lowest BCUT2D eigenvalue weighted by Gasteiger charge is -2.47. The van der Waals surface area contributed by atoms with Crippen LogP contribution in [0, 0.1) is 5.92 Å². The molecule has 2 aromatic carbocycles. The Morgan fingerprint density at radius 3 is 2.13 bits per heavy atom. The van der Waals surface area contributed by atoms with E-state index in [4.69, 9.17) is 10.9 Å². The molecule has 2 aliphatic heterocycles. The molecule has 13 heteroatoms. The largest absolute Gasteiger partial charge is 0.417 e. The van der Waals surface area contributed by atoms with E-state index in [9.17, 15) is 21.6 Å². The summed E-state index contributed by atoms with van der Waals surface area (Å²) >= 11 is 0. The number of nitrogens with two attached hydrogens (primary N) is 2. The summed E-state index contributed by atoms with van der Waals surface area (Å²) in [6.45, 7) is 2.73. The molecule has 8 N–H and O–H groups in total. The van der Waals surface area contributed by atoms with E-state index in [0.29, 0.717) is 23.1 Å². The predicted octanol–water partition coefficient (Wildman–Crippen LogP) is 2.44. The van der Waals surface area contributed by atoms with Gasteiger partial charge in [0.2, 0.25) is 10.0 Å². The van der Waals surface area contributed by atoms with Crippen LogP contribution < -0.4 is 32.8 Å². The third kappa shape index (κ3) is 5.61. The molecule has 1 saturated carbocycles. The summed E-state index contributed by atoms with van der Waals surface area (Å²) in [5.74, 6) is 1.15. The van der Waals surface area contributed by atoms with Gasteiger partial charge in [0.05, 0.1) is 5.56 Å². The number of sulfonamides is 1. The van der Waals surface area contributed by atoms with Gasteiger partial charge in [0.15, 0.2) is 0 Å². The molecule has 0 aromatic heterocycles. The predicted molar refractivity (Wildman–Crippen MR) is 137 cm³/mol. The Labute approximate surface area is 220 Å². The number of hydrogen-bond acceptors (Lipinski definition) is 8. The van der Waals surface area contributed by atoms with Crippen LogP contribution in [0.4, 0.5) is 13.2 Å². The molecule has 9 nitrogen and oxygen atoms in total. The Morgan fingerprint density at radius 1 is 0.947 bits per heavy atom. The van der Waals surface area contributed by atoms with Crippen molar-refractivity contribution in [3.63, 3.8) is 0 Å².